The molecule has 3 N–H and O–H groups in total. The van der Waals surface area contributed by atoms with Crippen LogP contribution in [0.25, 0.3) is 5.73 Å². The van der Waals surface area contributed by atoms with Gasteiger partial charge >= 0.3 is 44.4 Å². The summed E-state index contributed by atoms with van der Waals surface area (Å²) in [5, 5.41) is 0. The molecule has 0 fully saturated rings. The van der Waals surface area contributed by atoms with Gasteiger partial charge in [0.25, 0.3) is 0 Å². The van der Waals surface area contributed by atoms with E-state index in [4.69, 9.17) is 11.5 Å². The number of nitrogens with one attached hydrogen (secondary N) is 1. The Hall–Kier alpha value is -0.468. The van der Waals surface area contributed by atoms with E-state index in [2.05, 4.69) is 12.8 Å². The minimum atomic E-state index is -1.47. The summed E-state index contributed by atoms with van der Waals surface area (Å²) in [6.07, 6.45) is -2.81. The van der Waals surface area contributed by atoms with Gasteiger partial charge < -0.3 is 15.2 Å². The molecule has 1 unspecified atom stereocenters. The Morgan fingerprint density at radius 1 is 1.50 bits per heavy atom. The third-order valence-electron chi connectivity index (χ3n) is 0.505. The van der Waals surface area contributed by atoms with E-state index in [1.165, 1.54) is 0 Å². The van der Waals surface area contributed by atoms with Gasteiger partial charge in [0.15, 0.2) is 0 Å². The Morgan fingerprint density at radius 2 is 1.92 bits per heavy atom. The van der Waals surface area contributed by atoms with Crippen molar-refractivity contribution < 1.29 is 47.8 Å². The number of carbonyl (C=O) groups is 2. The second kappa shape index (κ2) is 8.63. The number of rotatable bonds is 2. The van der Waals surface area contributed by atoms with Gasteiger partial charge in [-0.25, -0.2) is 0 Å². The molecule has 1 atom stereocenters. The Morgan fingerprint density at radius 3 is 2.17 bits per heavy atom. The van der Waals surface area contributed by atoms with Crippen LogP contribution < -0.4 is 5.73 Å². The average Bonchev–Trinajstić information content (AvgIpc) is 1.87. The van der Waals surface area contributed by atoms with Crippen LogP contribution in [-0.2, 0) is 14.3 Å². The summed E-state index contributed by atoms with van der Waals surface area (Å²) in [4.78, 5) is 19.9. The number of nitrogens with two attached hydrogens (primary N) is 1. The zero-order chi connectivity index (χ0) is 10.1. The SMILES string of the molecule is CC(=O)OC(N)OC([NH-])=O.[CH]#[U]. The molecule has 0 saturated heterocycles. The van der Waals surface area contributed by atoms with Crippen LogP contribution in [0.1, 0.15) is 6.92 Å². The Bertz CT molecular complexity index is 166. The molecule has 6 nitrogen and oxygen atoms in total. The molecule has 0 bridgehead atoms. The van der Waals surface area contributed by atoms with Crippen LogP contribution in [0.5, 0.6) is 0 Å². The van der Waals surface area contributed by atoms with Crippen LogP contribution in [0.15, 0.2) is 0 Å². The molecule has 0 aliphatic carbocycles. The first-order chi connectivity index (χ1) is 5.52. The van der Waals surface area contributed by atoms with Crippen LogP contribution in [0.3, 0.4) is 0 Å². The number of ether oxygens (including phenoxy) is 2. The molecule has 67 valence electrons. The van der Waals surface area contributed by atoms with Gasteiger partial charge in [-0.1, -0.05) is 0 Å². The molecule has 0 rings (SSSR count). The molecule has 0 aliphatic rings. The van der Waals surface area contributed by atoms with Crippen molar-refractivity contribution in [1.82, 2.24) is 0 Å². The number of amides is 1. The zero-order valence-electron chi connectivity index (χ0n) is 6.37. The number of esters is 1. The Kier molecular flexibility index (Phi) is 10.1. The van der Waals surface area contributed by atoms with Crippen molar-refractivity contribution >= 4 is 12.1 Å². The number of hydrogen-bond donors (Lipinski definition) is 1. The summed E-state index contributed by atoms with van der Waals surface area (Å²) >= 11 is 0.658. The standard InChI is InChI=1S/C4H8N2O4.CH.U/c1-2(7)9-4(6)10-3(5)8;;/h4H,6H2,1H3,(H2,5,8);1H;/p-1. The molecule has 0 aliphatic heterocycles. The van der Waals surface area contributed by atoms with Crippen LogP contribution >= 0.6 is 0 Å². The van der Waals surface area contributed by atoms with Gasteiger partial charge in [0.05, 0.1) is 0 Å². The maximum absolute atomic E-state index is 10.1. The van der Waals surface area contributed by atoms with E-state index in [-0.39, 0.29) is 0 Å². The van der Waals surface area contributed by atoms with E-state index in [9.17, 15) is 9.59 Å². The van der Waals surface area contributed by atoms with Crippen molar-refractivity contribution in [2.45, 2.75) is 13.3 Å². The molecular weight excluding hydrogens is 390 g/mol. The zero-order valence-corrected chi connectivity index (χ0v) is 10.5. The van der Waals surface area contributed by atoms with Crippen molar-refractivity contribution in [1.29, 1.82) is 0 Å². The van der Waals surface area contributed by atoms with E-state index in [1.54, 1.807) is 0 Å². The second-order valence-corrected chi connectivity index (χ2v) is 1.38. The van der Waals surface area contributed by atoms with Crippen molar-refractivity contribution in [2.24, 2.45) is 5.73 Å². The predicted molar refractivity (Wildman–Crippen MR) is 35.5 cm³/mol. The van der Waals surface area contributed by atoms with E-state index in [0.29, 0.717) is 28.7 Å². The first kappa shape index (κ1) is 14.1. The molecule has 0 aromatic heterocycles. The van der Waals surface area contributed by atoms with Gasteiger partial charge in [-0.05, 0) is 0 Å². The number of hydrogen-bond acceptors (Lipinski definition) is 5. The molecule has 0 aromatic rings. The van der Waals surface area contributed by atoms with E-state index in [1.807, 2.05) is 0 Å². The van der Waals surface area contributed by atoms with Crippen molar-refractivity contribution in [3.8, 4) is 3.32 Å². The summed E-state index contributed by atoms with van der Waals surface area (Å²) in [7, 11) is 0. The second-order valence-electron chi connectivity index (χ2n) is 1.38. The minimum absolute atomic E-state index is 0.658. The molecule has 12 heavy (non-hydrogen) atoms. The van der Waals surface area contributed by atoms with Crippen LogP contribution in [0.4, 0.5) is 4.79 Å². The summed E-state index contributed by atoms with van der Waals surface area (Å²) in [6, 6.07) is 0. The first-order valence-electron chi connectivity index (χ1n) is 2.66. The fourth-order valence-corrected chi connectivity index (χ4v) is 0.293. The van der Waals surface area contributed by atoms with Crippen LogP contribution in [0, 0.1) is 32.0 Å². The molecule has 0 radical (unpaired) electrons. The van der Waals surface area contributed by atoms with Gasteiger partial charge in [-0.2, -0.15) is 0 Å². The summed E-state index contributed by atoms with van der Waals surface area (Å²) in [5.74, 6) is -0.672. The number of carbonyl (C=O) groups excluding carboxylic acids is 2. The molecular formula is C5H8N2O4U-. The van der Waals surface area contributed by atoms with E-state index < -0.39 is 18.5 Å². The molecule has 0 saturated carbocycles. The van der Waals surface area contributed by atoms with Gasteiger partial charge in [0.1, 0.15) is 0 Å². The monoisotopic (exact) mass is 398 g/mol. The van der Waals surface area contributed by atoms with Crippen molar-refractivity contribution in [3.05, 3.63) is 5.73 Å². The third kappa shape index (κ3) is 12.2. The summed E-state index contributed by atoms with van der Waals surface area (Å²) in [6.45, 7) is 1.11. The fourth-order valence-electron chi connectivity index (χ4n) is 0.293. The van der Waals surface area contributed by atoms with E-state index in [0.717, 1.165) is 6.92 Å². The van der Waals surface area contributed by atoms with Gasteiger partial charge in [-0.15, -0.1) is 0 Å². The topological polar surface area (TPSA) is 102 Å². The average molecular weight is 398 g/mol. The summed E-state index contributed by atoms with van der Waals surface area (Å²) in [5.41, 5.74) is 11.1. The quantitative estimate of drug-likeness (QED) is 0.526. The molecule has 7 heteroatoms. The van der Waals surface area contributed by atoms with Gasteiger partial charge in [0, 0.05) is 6.92 Å². The van der Waals surface area contributed by atoms with Gasteiger partial charge in [-0.3, -0.25) is 15.3 Å². The molecule has 1 amide bonds. The maximum atomic E-state index is 10.1. The Labute approximate surface area is 87.8 Å². The molecule has 0 heterocycles. The van der Waals surface area contributed by atoms with Crippen molar-refractivity contribution in [2.75, 3.05) is 0 Å². The van der Waals surface area contributed by atoms with Crippen LogP contribution in [-0.4, -0.2) is 18.5 Å². The van der Waals surface area contributed by atoms with Gasteiger partial charge in [0.2, 0.25) is 6.09 Å². The van der Waals surface area contributed by atoms with Crippen LogP contribution in [0.2, 0.25) is 0 Å². The summed E-state index contributed by atoms with van der Waals surface area (Å²) < 4.78 is 12.7. The normalized spacial score (nSPS) is 10.2. The molecule has 0 aromatic carbocycles. The van der Waals surface area contributed by atoms with Crippen molar-refractivity contribution in [3.63, 3.8) is 0 Å². The Balaban J connectivity index is 0. The third-order valence-corrected chi connectivity index (χ3v) is 0.505. The fraction of sp³-hybridized carbons (Fsp3) is 0.400. The molecule has 0 spiro atoms. The van der Waals surface area contributed by atoms with E-state index >= 15 is 0 Å². The first-order valence-corrected chi connectivity index (χ1v) is 5.06. The predicted octanol–water partition coefficient (Wildman–Crippen LogP) is 0.105.